The number of halogens is 4. The number of nitrogens with one attached hydrogen (secondary N) is 1. The van der Waals surface area contributed by atoms with Gasteiger partial charge < -0.3 is 5.32 Å². The third-order valence-corrected chi connectivity index (χ3v) is 2.85. The van der Waals surface area contributed by atoms with Crippen molar-refractivity contribution >= 4 is 17.5 Å². The zero-order valence-corrected chi connectivity index (χ0v) is 11.0. The third kappa shape index (κ3) is 3.84. The van der Waals surface area contributed by atoms with Crippen LogP contribution in [0.25, 0.3) is 0 Å². The van der Waals surface area contributed by atoms with E-state index < -0.39 is 11.9 Å². The minimum Gasteiger partial charge on any atom is -0.350 e. The molecule has 1 aromatic carbocycles. The molecule has 0 radical (unpaired) electrons. The maximum Gasteiger partial charge on any atom is 0.433 e. The van der Waals surface area contributed by atoms with E-state index in [2.05, 4.69) is 15.3 Å². The largest absolute Gasteiger partial charge is 0.433 e. The fraction of sp³-hybridized carbons (Fsp3) is 0.231. The average molecular weight is 302 g/mol. The first kappa shape index (κ1) is 14.6. The lowest BCUT2D eigenvalue weighted by Gasteiger charge is -2.09. The maximum absolute atomic E-state index is 12.5. The fourth-order valence-electron chi connectivity index (χ4n) is 1.61. The highest BCUT2D eigenvalue weighted by molar-refractivity contribution is 6.17. The quantitative estimate of drug-likeness (QED) is 0.872. The first-order chi connectivity index (χ1) is 9.49. The van der Waals surface area contributed by atoms with Crippen molar-refractivity contribution < 1.29 is 13.2 Å². The Balaban J connectivity index is 2.07. The summed E-state index contributed by atoms with van der Waals surface area (Å²) in [4.78, 5) is 7.19. The molecule has 0 aliphatic heterocycles. The SMILES string of the molecule is FC(F)(F)c1ccnc(NCc2cccc(CCl)c2)n1. The summed E-state index contributed by atoms with van der Waals surface area (Å²) in [5.74, 6) is 0.324. The standard InChI is InChI=1S/C13H11ClF3N3/c14-7-9-2-1-3-10(6-9)8-19-12-18-5-4-11(20-12)13(15,16)17/h1-6H,7-8H2,(H,18,19,20). The van der Waals surface area contributed by atoms with E-state index in [0.717, 1.165) is 23.4 Å². The van der Waals surface area contributed by atoms with Crippen LogP contribution in [-0.2, 0) is 18.6 Å². The summed E-state index contributed by atoms with van der Waals surface area (Å²) in [5, 5.41) is 2.76. The van der Waals surface area contributed by atoms with Gasteiger partial charge in [-0.15, -0.1) is 11.6 Å². The molecule has 0 amide bonds. The number of alkyl halides is 4. The molecule has 106 valence electrons. The molecule has 0 unspecified atom stereocenters. The molecule has 1 N–H and O–H groups in total. The highest BCUT2D eigenvalue weighted by atomic mass is 35.5. The summed E-state index contributed by atoms with van der Waals surface area (Å²) in [6.45, 7) is 0.325. The van der Waals surface area contributed by atoms with Gasteiger partial charge in [0.1, 0.15) is 5.69 Å². The Labute approximate surface area is 118 Å². The topological polar surface area (TPSA) is 37.8 Å². The second-order valence-corrected chi connectivity index (χ2v) is 4.34. The molecule has 20 heavy (non-hydrogen) atoms. The molecule has 2 aromatic rings. The molecule has 0 saturated carbocycles. The zero-order valence-electron chi connectivity index (χ0n) is 10.3. The van der Waals surface area contributed by atoms with E-state index in [9.17, 15) is 13.2 Å². The number of rotatable bonds is 4. The van der Waals surface area contributed by atoms with Gasteiger partial charge >= 0.3 is 6.18 Å². The third-order valence-electron chi connectivity index (χ3n) is 2.54. The Morgan fingerprint density at radius 3 is 2.60 bits per heavy atom. The van der Waals surface area contributed by atoms with E-state index in [1.807, 2.05) is 24.3 Å². The van der Waals surface area contributed by atoms with Crippen LogP contribution in [0.5, 0.6) is 0 Å². The molecule has 0 bridgehead atoms. The van der Waals surface area contributed by atoms with Crippen LogP contribution < -0.4 is 5.32 Å². The predicted molar refractivity (Wildman–Crippen MR) is 70.4 cm³/mol. The Kier molecular flexibility index (Phi) is 4.44. The van der Waals surface area contributed by atoms with E-state index in [4.69, 9.17) is 11.6 Å². The molecule has 1 aromatic heterocycles. The number of hydrogen-bond acceptors (Lipinski definition) is 3. The van der Waals surface area contributed by atoms with Gasteiger partial charge in [-0.1, -0.05) is 24.3 Å². The van der Waals surface area contributed by atoms with Gasteiger partial charge in [-0.25, -0.2) is 9.97 Å². The summed E-state index contributed by atoms with van der Waals surface area (Å²) in [6.07, 6.45) is -3.40. The van der Waals surface area contributed by atoms with Crippen LogP contribution in [0, 0.1) is 0 Å². The van der Waals surface area contributed by atoms with Gasteiger partial charge in [-0.2, -0.15) is 13.2 Å². The lowest BCUT2D eigenvalue weighted by Crippen LogP contribution is -2.11. The van der Waals surface area contributed by atoms with E-state index in [0.29, 0.717) is 12.4 Å². The van der Waals surface area contributed by atoms with E-state index in [1.165, 1.54) is 0 Å². The van der Waals surface area contributed by atoms with Crippen molar-refractivity contribution in [2.45, 2.75) is 18.6 Å². The van der Waals surface area contributed by atoms with E-state index in [-0.39, 0.29) is 5.95 Å². The summed E-state index contributed by atoms with van der Waals surface area (Å²) < 4.78 is 37.5. The van der Waals surface area contributed by atoms with Crippen LogP contribution in [0.3, 0.4) is 0 Å². The van der Waals surface area contributed by atoms with Crippen LogP contribution in [-0.4, -0.2) is 9.97 Å². The number of aromatic nitrogens is 2. The summed E-state index contributed by atoms with van der Waals surface area (Å²) >= 11 is 5.72. The zero-order chi connectivity index (χ0) is 14.6. The van der Waals surface area contributed by atoms with Crippen LogP contribution in [0.1, 0.15) is 16.8 Å². The van der Waals surface area contributed by atoms with E-state index >= 15 is 0 Å². The number of hydrogen-bond donors (Lipinski definition) is 1. The molecule has 0 aliphatic carbocycles. The molecular weight excluding hydrogens is 291 g/mol. The Bertz CT molecular complexity index is 587. The van der Waals surface area contributed by atoms with Crippen molar-refractivity contribution in [2.75, 3.05) is 5.32 Å². The second-order valence-electron chi connectivity index (χ2n) is 4.07. The van der Waals surface area contributed by atoms with Gasteiger partial charge in [0.2, 0.25) is 5.95 Å². The van der Waals surface area contributed by atoms with Gasteiger partial charge in [0.15, 0.2) is 0 Å². The predicted octanol–water partition coefficient (Wildman–Crippen LogP) is 3.85. The van der Waals surface area contributed by atoms with Gasteiger partial charge in [-0.3, -0.25) is 0 Å². The maximum atomic E-state index is 12.5. The minimum atomic E-state index is -4.47. The fourth-order valence-corrected chi connectivity index (χ4v) is 1.77. The van der Waals surface area contributed by atoms with Gasteiger partial charge in [0.25, 0.3) is 0 Å². The Morgan fingerprint density at radius 2 is 1.90 bits per heavy atom. The number of benzene rings is 1. The second kappa shape index (κ2) is 6.09. The van der Waals surface area contributed by atoms with E-state index in [1.54, 1.807) is 0 Å². The Hall–Kier alpha value is -1.82. The van der Waals surface area contributed by atoms with Gasteiger partial charge in [-0.05, 0) is 17.2 Å². The van der Waals surface area contributed by atoms with Gasteiger partial charge in [0, 0.05) is 18.6 Å². The normalized spacial score (nSPS) is 11.4. The lowest BCUT2D eigenvalue weighted by molar-refractivity contribution is -0.141. The molecule has 0 saturated heterocycles. The monoisotopic (exact) mass is 301 g/mol. The van der Waals surface area contributed by atoms with Crippen molar-refractivity contribution in [3.05, 3.63) is 53.3 Å². The van der Waals surface area contributed by atoms with Crippen molar-refractivity contribution in [3.63, 3.8) is 0 Å². The first-order valence-electron chi connectivity index (χ1n) is 5.77. The van der Waals surface area contributed by atoms with Crippen LogP contribution >= 0.6 is 11.6 Å². The van der Waals surface area contributed by atoms with Crippen molar-refractivity contribution in [1.29, 1.82) is 0 Å². The summed E-state index contributed by atoms with van der Waals surface area (Å²) in [7, 11) is 0. The highest BCUT2D eigenvalue weighted by Crippen LogP contribution is 2.27. The molecule has 0 spiro atoms. The smallest absolute Gasteiger partial charge is 0.350 e. The van der Waals surface area contributed by atoms with Crippen molar-refractivity contribution in [3.8, 4) is 0 Å². The number of anilines is 1. The minimum absolute atomic E-state index is 0.0592. The Morgan fingerprint density at radius 1 is 1.15 bits per heavy atom. The summed E-state index contributed by atoms with van der Waals surface area (Å²) in [5.41, 5.74) is 0.865. The molecule has 0 atom stereocenters. The first-order valence-corrected chi connectivity index (χ1v) is 6.30. The molecule has 7 heteroatoms. The van der Waals surface area contributed by atoms with Crippen LogP contribution in [0.4, 0.5) is 19.1 Å². The van der Waals surface area contributed by atoms with Gasteiger partial charge in [0.05, 0.1) is 0 Å². The van der Waals surface area contributed by atoms with Crippen LogP contribution in [0.2, 0.25) is 0 Å². The molecular formula is C13H11ClF3N3. The van der Waals surface area contributed by atoms with Crippen molar-refractivity contribution in [2.24, 2.45) is 0 Å². The molecule has 0 aliphatic rings. The lowest BCUT2D eigenvalue weighted by atomic mass is 10.1. The molecule has 2 rings (SSSR count). The molecule has 0 fully saturated rings. The molecule has 3 nitrogen and oxygen atoms in total. The number of nitrogens with zero attached hydrogens (tertiary/aromatic N) is 2. The summed E-state index contributed by atoms with van der Waals surface area (Å²) in [6, 6.07) is 8.25. The van der Waals surface area contributed by atoms with Crippen molar-refractivity contribution in [1.82, 2.24) is 9.97 Å². The highest BCUT2D eigenvalue weighted by Gasteiger charge is 2.32. The average Bonchev–Trinajstić information content (AvgIpc) is 2.45. The molecule has 1 heterocycles. The van der Waals surface area contributed by atoms with Crippen LogP contribution in [0.15, 0.2) is 36.5 Å².